The number of unbranched alkanes of at least 4 members (excludes halogenated alkanes) is 1. The molecule has 2 N–H and O–H groups in total. The Hall–Kier alpha value is -2.91. The van der Waals surface area contributed by atoms with E-state index in [-0.39, 0.29) is 23.8 Å². The first-order chi connectivity index (χ1) is 20.2. The van der Waals surface area contributed by atoms with Crippen molar-refractivity contribution in [3.8, 4) is 5.75 Å². The van der Waals surface area contributed by atoms with E-state index < -0.39 is 29.6 Å². The highest BCUT2D eigenvalue weighted by Crippen LogP contribution is 2.55. The van der Waals surface area contributed by atoms with Gasteiger partial charge in [-0.2, -0.15) is 0 Å². The number of fused-ring (bicyclic) bond motifs is 1. The molecule has 2 bridgehead atoms. The Kier molecular flexibility index (Phi) is 9.28. The number of likely N-dealkylation sites (tertiary alicyclic amines) is 1. The minimum Gasteiger partial charge on any atom is -0.497 e. The van der Waals surface area contributed by atoms with E-state index in [0.29, 0.717) is 29.8 Å². The van der Waals surface area contributed by atoms with Gasteiger partial charge >= 0.3 is 0 Å². The third-order valence-electron chi connectivity index (χ3n) is 10.1. The molecule has 1 aliphatic carbocycles. The van der Waals surface area contributed by atoms with Crippen molar-refractivity contribution in [3.05, 3.63) is 36.4 Å². The largest absolute Gasteiger partial charge is 0.497 e. The maximum absolute atomic E-state index is 14.2. The van der Waals surface area contributed by atoms with Crippen LogP contribution in [0.25, 0.3) is 0 Å². The molecule has 1 spiro atoms. The molecule has 3 heterocycles. The van der Waals surface area contributed by atoms with Crippen LogP contribution in [-0.2, 0) is 19.1 Å². The number of benzene rings is 1. The zero-order valence-electron chi connectivity index (χ0n) is 25.8. The summed E-state index contributed by atoms with van der Waals surface area (Å²) in [5, 5.41) is 6.31. The van der Waals surface area contributed by atoms with Crippen molar-refractivity contribution in [2.24, 2.45) is 23.7 Å². The molecule has 5 rings (SSSR count). The minimum atomic E-state index is -1.15. The summed E-state index contributed by atoms with van der Waals surface area (Å²) < 4.78 is 11.7. The zero-order chi connectivity index (χ0) is 30.0. The van der Waals surface area contributed by atoms with Gasteiger partial charge in [0.05, 0.1) is 25.0 Å². The van der Waals surface area contributed by atoms with Crippen molar-refractivity contribution in [3.63, 3.8) is 0 Å². The van der Waals surface area contributed by atoms with Crippen LogP contribution in [0.5, 0.6) is 5.75 Å². The van der Waals surface area contributed by atoms with Crippen molar-refractivity contribution >= 4 is 23.4 Å². The van der Waals surface area contributed by atoms with E-state index >= 15 is 0 Å². The van der Waals surface area contributed by atoms with Crippen LogP contribution in [0.4, 0.5) is 5.69 Å². The normalized spacial score (nSPS) is 33.2. The van der Waals surface area contributed by atoms with Gasteiger partial charge in [0, 0.05) is 18.3 Å². The molecule has 4 aliphatic rings. The fraction of sp³-hybridized carbons (Fsp3) is 0.667. The van der Waals surface area contributed by atoms with Crippen LogP contribution in [-0.4, -0.2) is 85.1 Å². The van der Waals surface area contributed by atoms with Crippen LogP contribution in [0.1, 0.15) is 59.3 Å². The summed E-state index contributed by atoms with van der Waals surface area (Å²) in [5.74, 6) is -0.503. The van der Waals surface area contributed by atoms with Gasteiger partial charge < -0.3 is 29.9 Å². The molecule has 0 aromatic heterocycles. The number of carbonyl (C=O) groups excluding carboxylic acids is 3. The van der Waals surface area contributed by atoms with Gasteiger partial charge in [0.15, 0.2) is 0 Å². The first kappa shape index (κ1) is 30.5. The summed E-state index contributed by atoms with van der Waals surface area (Å²) in [4.78, 5) is 46.1. The van der Waals surface area contributed by atoms with E-state index in [2.05, 4.69) is 43.4 Å². The first-order valence-corrected chi connectivity index (χ1v) is 15.8. The average Bonchev–Trinajstić information content (AvgIpc) is 3.62. The van der Waals surface area contributed by atoms with Crippen LogP contribution in [0.2, 0.25) is 0 Å². The molecule has 8 atom stereocenters. The Morgan fingerprint density at radius 3 is 2.57 bits per heavy atom. The van der Waals surface area contributed by atoms with Gasteiger partial charge in [-0.3, -0.25) is 14.4 Å². The molecule has 0 radical (unpaired) electrons. The number of ether oxygens (including phenoxy) is 2. The SMILES string of the molecule is CCCCN(C)CCCN1C(=O)[C@H]2[C@H](C(=O)Nc3ccc(OC)cc3)[C@H]3C=C[C@@]2(O3)[C@@H]1C(=O)N[C@@H]1CCC[C@@H](C)[C@@H]1C. The van der Waals surface area contributed by atoms with Crippen LogP contribution in [0.3, 0.4) is 0 Å². The summed E-state index contributed by atoms with van der Waals surface area (Å²) in [7, 11) is 3.69. The molecular formula is C33H48N4O5. The lowest BCUT2D eigenvalue weighted by Crippen LogP contribution is -2.58. The maximum Gasteiger partial charge on any atom is 0.246 e. The van der Waals surface area contributed by atoms with Crippen molar-refractivity contribution in [2.75, 3.05) is 39.1 Å². The molecule has 9 heteroatoms. The third kappa shape index (κ3) is 5.70. The lowest BCUT2D eigenvalue weighted by atomic mass is 9.73. The van der Waals surface area contributed by atoms with E-state index in [4.69, 9.17) is 9.47 Å². The lowest BCUT2D eigenvalue weighted by molar-refractivity contribution is -0.141. The Balaban J connectivity index is 1.38. The second-order valence-electron chi connectivity index (χ2n) is 12.8. The van der Waals surface area contributed by atoms with Gasteiger partial charge in [0.25, 0.3) is 0 Å². The second kappa shape index (κ2) is 12.8. The minimum absolute atomic E-state index is 0.0607. The molecular weight excluding hydrogens is 532 g/mol. The molecule has 3 fully saturated rings. The first-order valence-electron chi connectivity index (χ1n) is 15.8. The molecule has 1 aromatic rings. The van der Waals surface area contributed by atoms with E-state index in [1.807, 2.05) is 12.2 Å². The van der Waals surface area contributed by atoms with E-state index in [1.165, 1.54) is 0 Å². The number of amides is 3. The molecule has 3 amide bonds. The quantitative estimate of drug-likeness (QED) is 0.365. The Labute approximate surface area is 250 Å². The fourth-order valence-corrected chi connectivity index (χ4v) is 7.51. The maximum atomic E-state index is 14.2. The van der Waals surface area contributed by atoms with Crippen LogP contribution < -0.4 is 15.4 Å². The zero-order valence-corrected chi connectivity index (χ0v) is 25.8. The number of nitrogens with zero attached hydrogens (tertiary/aromatic N) is 2. The Morgan fingerprint density at radius 1 is 1.12 bits per heavy atom. The molecule has 9 nitrogen and oxygen atoms in total. The van der Waals surface area contributed by atoms with Crippen molar-refractivity contribution < 1.29 is 23.9 Å². The van der Waals surface area contributed by atoms with Crippen LogP contribution in [0, 0.1) is 23.7 Å². The number of hydrogen-bond acceptors (Lipinski definition) is 6. The number of anilines is 1. The average molecular weight is 581 g/mol. The molecule has 1 saturated carbocycles. The number of carbonyl (C=O) groups is 3. The van der Waals surface area contributed by atoms with Crippen molar-refractivity contribution in [1.29, 1.82) is 0 Å². The van der Waals surface area contributed by atoms with Crippen LogP contribution in [0.15, 0.2) is 36.4 Å². The monoisotopic (exact) mass is 580 g/mol. The fourth-order valence-electron chi connectivity index (χ4n) is 7.51. The summed E-state index contributed by atoms with van der Waals surface area (Å²) in [6, 6.07) is 6.36. The Bertz CT molecular complexity index is 1170. The topological polar surface area (TPSA) is 100 Å². The number of hydrogen-bond donors (Lipinski definition) is 2. The molecule has 2 saturated heterocycles. The third-order valence-corrected chi connectivity index (χ3v) is 10.1. The molecule has 1 aromatic carbocycles. The van der Waals surface area contributed by atoms with Crippen molar-refractivity contribution in [2.45, 2.75) is 83.1 Å². The number of methoxy groups -OCH3 is 1. The van der Waals surface area contributed by atoms with Gasteiger partial charge in [-0.1, -0.05) is 52.2 Å². The van der Waals surface area contributed by atoms with Gasteiger partial charge in [-0.15, -0.1) is 0 Å². The van der Waals surface area contributed by atoms with Gasteiger partial charge in [0.1, 0.15) is 17.4 Å². The van der Waals surface area contributed by atoms with Gasteiger partial charge in [-0.05, 0) is 75.5 Å². The highest BCUT2D eigenvalue weighted by Gasteiger charge is 2.72. The van der Waals surface area contributed by atoms with E-state index in [9.17, 15) is 14.4 Å². The van der Waals surface area contributed by atoms with Crippen molar-refractivity contribution in [1.82, 2.24) is 15.1 Å². The van der Waals surface area contributed by atoms with Gasteiger partial charge in [-0.25, -0.2) is 0 Å². The standard InChI is InChI=1S/C33H48N4O5/c1-6-7-18-36(4)19-9-20-37-29(31(39)35-25-11-8-10-21(2)22(25)3)33-17-16-26(42-33)27(28(33)32(37)40)30(38)34-23-12-14-24(41-5)15-13-23/h12-17,21-22,25-29H,6-11,18-20H2,1-5H3,(H,34,38)(H,35,39)/t21-,22+,25-,26-,27-,28-,29+,33+/m1/s1. The highest BCUT2D eigenvalue weighted by atomic mass is 16.5. The lowest BCUT2D eigenvalue weighted by Gasteiger charge is -2.38. The predicted octanol–water partition coefficient (Wildman–Crippen LogP) is 3.85. The summed E-state index contributed by atoms with van der Waals surface area (Å²) in [6.07, 6.45) is 9.38. The summed E-state index contributed by atoms with van der Waals surface area (Å²) in [6.45, 7) is 8.89. The molecule has 0 unspecified atom stereocenters. The molecule has 42 heavy (non-hydrogen) atoms. The smallest absolute Gasteiger partial charge is 0.246 e. The molecule has 230 valence electrons. The number of nitrogens with one attached hydrogen (secondary N) is 2. The van der Waals surface area contributed by atoms with Crippen LogP contribution >= 0.6 is 0 Å². The number of rotatable bonds is 12. The molecule has 3 aliphatic heterocycles. The second-order valence-corrected chi connectivity index (χ2v) is 12.8. The Morgan fingerprint density at radius 2 is 1.86 bits per heavy atom. The predicted molar refractivity (Wildman–Crippen MR) is 162 cm³/mol. The van der Waals surface area contributed by atoms with E-state index in [1.54, 1.807) is 36.3 Å². The highest BCUT2D eigenvalue weighted by molar-refractivity contribution is 6.02. The summed E-state index contributed by atoms with van der Waals surface area (Å²) >= 11 is 0. The summed E-state index contributed by atoms with van der Waals surface area (Å²) in [5.41, 5.74) is -0.528. The van der Waals surface area contributed by atoms with Gasteiger partial charge in [0.2, 0.25) is 17.7 Å². The van der Waals surface area contributed by atoms with E-state index in [0.717, 1.165) is 51.6 Å².